The molecule has 0 aliphatic heterocycles. The molecule has 2 atom stereocenters. The van der Waals surface area contributed by atoms with Gasteiger partial charge in [0.15, 0.2) is 0 Å². The molecule has 0 aromatic heterocycles. The van der Waals surface area contributed by atoms with Crippen molar-refractivity contribution >= 4 is 5.97 Å². The van der Waals surface area contributed by atoms with Crippen molar-refractivity contribution in [1.82, 2.24) is 5.32 Å². The number of carbonyl (C=O) groups is 1. The first-order valence-electron chi connectivity index (χ1n) is 8.02. The number of hydrogen-bond acceptors (Lipinski definition) is 3. The van der Waals surface area contributed by atoms with Gasteiger partial charge in [0.05, 0.1) is 6.61 Å². The normalized spacial score (nSPS) is 32.1. The van der Waals surface area contributed by atoms with Crippen molar-refractivity contribution in [3.05, 3.63) is 0 Å². The van der Waals surface area contributed by atoms with Gasteiger partial charge in [-0.05, 0) is 50.9 Å². The highest BCUT2D eigenvalue weighted by atomic mass is 16.5. The second-order valence-corrected chi connectivity index (χ2v) is 6.66. The van der Waals surface area contributed by atoms with Crippen LogP contribution in [0.1, 0.15) is 65.7 Å². The first kappa shape index (κ1) is 14.8. The molecule has 1 N–H and O–H groups in total. The van der Waals surface area contributed by atoms with E-state index in [9.17, 15) is 4.79 Å². The number of hydrogen-bond donors (Lipinski definition) is 1. The van der Waals surface area contributed by atoms with Crippen molar-refractivity contribution in [2.75, 3.05) is 6.61 Å². The van der Waals surface area contributed by atoms with Crippen LogP contribution in [0.15, 0.2) is 0 Å². The molecule has 2 saturated carbocycles. The van der Waals surface area contributed by atoms with Crippen LogP contribution in [-0.4, -0.2) is 24.2 Å². The molecule has 19 heavy (non-hydrogen) atoms. The van der Waals surface area contributed by atoms with E-state index in [-0.39, 0.29) is 11.5 Å². The summed E-state index contributed by atoms with van der Waals surface area (Å²) in [7, 11) is 0. The van der Waals surface area contributed by atoms with Crippen LogP contribution >= 0.6 is 0 Å². The van der Waals surface area contributed by atoms with Crippen LogP contribution in [-0.2, 0) is 9.53 Å². The van der Waals surface area contributed by atoms with E-state index >= 15 is 0 Å². The first-order valence-corrected chi connectivity index (χ1v) is 8.02. The fourth-order valence-corrected chi connectivity index (χ4v) is 3.33. The number of carbonyl (C=O) groups excluding carboxylic acids is 1. The average molecular weight is 267 g/mol. The lowest BCUT2D eigenvalue weighted by atomic mass is 9.86. The van der Waals surface area contributed by atoms with E-state index in [4.69, 9.17) is 4.74 Å². The summed E-state index contributed by atoms with van der Waals surface area (Å²) >= 11 is 0. The van der Waals surface area contributed by atoms with Crippen molar-refractivity contribution in [2.24, 2.45) is 11.8 Å². The van der Waals surface area contributed by atoms with Gasteiger partial charge in [0, 0.05) is 6.04 Å². The lowest BCUT2D eigenvalue weighted by Crippen LogP contribution is -2.53. The highest BCUT2D eigenvalue weighted by Crippen LogP contribution is 2.37. The van der Waals surface area contributed by atoms with Gasteiger partial charge in [-0.2, -0.15) is 0 Å². The molecule has 0 heterocycles. The predicted molar refractivity (Wildman–Crippen MR) is 76.9 cm³/mol. The van der Waals surface area contributed by atoms with Gasteiger partial charge in [0.2, 0.25) is 0 Å². The Labute approximate surface area is 117 Å². The third-order valence-corrected chi connectivity index (χ3v) is 4.79. The second-order valence-electron chi connectivity index (χ2n) is 6.66. The molecule has 110 valence electrons. The van der Waals surface area contributed by atoms with Crippen LogP contribution in [0.2, 0.25) is 0 Å². The largest absolute Gasteiger partial charge is 0.465 e. The summed E-state index contributed by atoms with van der Waals surface area (Å²) in [5.41, 5.74) is -0.388. The molecule has 0 amide bonds. The Morgan fingerprint density at radius 2 is 2.00 bits per heavy atom. The van der Waals surface area contributed by atoms with Crippen molar-refractivity contribution in [3.8, 4) is 0 Å². The Bertz CT molecular complexity index is 312. The fourth-order valence-electron chi connectivity index (χ4n) is 3.33. The van der Waals surface area contributed by atoms with Gasteiger partial charge in [-0.25, -0.2) is 0 Å². The van der Waals surface area contributed by atoms with Crippen molar-refractivity contribution in [1.29, 1.82) is 0 Å². The molecule has 0 spiro atoms. The molecule has 2 unspecified atom stereocenters. The summed E-state index contributed by atoms with van der Waals surface area (Å²) in [6.45, 7) is 6.99. The molecule has 0 radical (unpaired) electrons. The monoisotopic (exact) mass is 267 g/mol. The number of nitrogens with one attached hydrogen (secondary N) is 1. The lowest BCUT2D eigenvalue weighted by molar-refractivity contribution is -0.152. The summed E-state index contributed by atoms with van der Waals surface area (Å²) in [6.07, 6.45) is 7.88. The van der Waals surface area contributed by atoms with E-state index in [1.807, 2.05) is 6.92 Å². The molecule has 3 nitrogen and oxygen atoms in total. The Balaban J connectivity index is 2.06. The van der Waals surface area contributed by atoms with E-state index in [1.165, 1.54) is 19.3 Å². The maximum atomic E-state index is 12.4. The third kappa shape index (κ3) is 3.71. The minimum atomic E-state index is -0.388. The molecule has 0 aromatic rings. The Morgan fingerprint density at radius 3 is 2.58 bits per heavy atom. The number of rotatable bonds is 5. The Hall–Kier alpha value is -0.570. The smallest absolute Gasteiger partial charge is 0.326 e. The van der Waals surface area contributed by atoms with Crippen LogP contribution in [0.4, 0.5) is 0 Å². The molecular weight excluding hydrogens is 238 g/mol. The van der Waals surface area contributed by atoms with E-state index in [2.05, 4.69) is 19.2 Å². The van der Waals surface area contributed by atoms with Gasteiger partial charge >= 0.3 is 5.97 Å². The zero-order valence-corrected chi connectivity index (χ0v) is 12.7. The van der Waals surface area contributed by atoms with Crippen molar-refractivity contribution in [3.63, 3.8) is 0 Å². The van der Waals surface area contributed by atoms with Crippen LogP contribution in [0.3, 0.4) is 0 Å². The lowest BCUT2D eigenvalue weighted by Gasteiger charge is -2.32. The van der Waals surface area contributed by atoms with Crippen LogP contribution in [0, 0.1) is 11.8 Å². The van der Waals surface area contributed by atoms with Gasteiger partial charge in [-0.1, -0.05) is 26.7 Å². The molecule has 2 fully saturated rings. The van der Waals surface area contributed by atoms with Crippen LogP contribution in [0.25, 0.3) is 0 Å². The Kier molecular flexibility index (Phi) is 4.88. The number of ether oxygens (including phenoxy) is 1. The maximum absolute atomic E-state index is 12.4. The molecule has 2 aliphatic carbocycles. The molecule has 2 rings (SSSR count). The molecule has 0 aromatic carbocycles. The summed E-state index contributed by atoms with van der Waals surface area (Å²) < 4.78 is 5.36. The summed E-state index contributed by atoms with van der Waals surface area (Å²) in [5.74, 6) is 1.47. The summed E-state index contributed by atoms with van der Waals surface area (Å²) in [5, 5.41) is 3.62. The average Bonchev–Trinajstić information content (AvgIpc) is 3.17. The molecule has 0 saturated heterocycles. The van der Waals surface area contributed by atoms with Gasteiger partial charge in [-0.3, -0.25) is 10.1 Å². The summed E-state index contributed by atoms with van der Waals surface area (Å²) in [4.78, 5) is 12.4. The van der Waals surface area contributed by atoms with Gasteiger partial charge in [0.1, 0.15) is 5.54 Å². The highest BCUT2D eigenvalue weighted by molar-refractivity contribution is 5.81. The topological polar surface area (TPSA) is 38.3 Å². The zero-order valence-electron chi connectivity index (χ0n) is 12.7. The Morgan fingerprint density at radius 1 is 1.26 bits per heavy atom. The highest BCUT2D eigenvalue weighted by Gasteiger charge is 2.44. The quantitative estimate of drug-likeness (QED) is 0.613. The van der Waals surface area contributed by atoms with Gasteiger partial charge in [0.25, 0.3) is 0 Å². The standard InChI is InChI=1S/C16H29NO2/c1-4-19-15(18)16(17-14-7-8-14)10-5-6-13(9-11-16)12(2)3/h12-14,17H,4-11H2,1-3H3. The summed E-state index contributed by atoms with van der Waals surface area (Å²) in [6, 6.07) is 0.556. The van der Waals surface area contributed by atoms with E-state index < -0.39 is 0 Å². The number of esters is 1. The minimum absolute atomic E-state index is 0.00805. The minimum Gasteiger partial charge on any atom is -0.465 e. The first-order chi connectivity index (χ1) is 9.07. The predicted octanol–water partition coefficient (Wildman–Crippen LogP) is 3.28. The fraction of sp³-hybridized carbons (Fsp3) is 0.938. The SMILES string of the molecule is CCOC(=O)C1(NC2CC2)CCCC(C(C)C)CC1. The van der Waals surface area contributed by atoms with Gasteiger partial charge in [-0.15, -0.1) is 0 Å². The molecule has 3 heteroatoms. The van der Waals surface area contributed by atoms with Crippen LogP contribution < -0.4 is 5.32 Å². The van der Waals surface area contributed by atoms with Crippen LogP contribution in [0.5, 0.6) is 0 Å². The van der Waals surface area contributed by atoms with E-state index in [0.717, 1.165) is 37.5 Å². The van der Waals surface area contributed by atoms with Crippen molar-refractivity contribution in [2.45, 2.75) is 77.3 Å². The van der Waals surface area contributed by atoms with Crippen molar-refractivity contribution < 1.29 is 9.53 Å². The third-order valence-electron chi connectivity index (χ3n) is 4.79. The van der Waals surface area contributed by atoms with Gasteiger partial charge < -0.3 is 4.74 Å². The van der Waals surface area contributed by atoms with E-state index in [0.29, 0.717) is 12.6 Å². The second kappa shape index (κ2) is 6.25. The van der Waals surface area contributed by atoms with E-state index in [1.54, 1.807) is 0 Å². The molecule has 2 aliphatic rings. The molecular formula is C16H29NO2. The zero-order chi connectivity index (χ0) is 13.9. The molecule has 0 bridgehead atoms. The maximum Gasteiger partial charge on any atom is 0.326 e.